The molecule has 2 aromatic rings. The van der Waals surface area contributed by atoms with Crippen LogP contribution in [0.2, 0.25) is 0 Å². The monoisotopic (exact) mass is 273 g/mol. The first-order valence-corrected chi connectivity index (χ1v) is 7.31. The lowest BCUT2D eigenvalue weighted by atomic mass is 9.98. The van der Waals surface area contributed by atoms with Crippen LogP contribution in [0.1, 0.15) is 23.6 Å². The van der Waals surface area contributed by atoms with Gasteiger partial charge in [0.2, 0.25) is 0 Å². The molecule has 3 nitrogen and oxygen atoms in total. The number of carbonyl (C=O) groups is 1. The van der Waals surface area contributed by atoms with E-state index in [9.17, 15) is 9.90 Å². The van der Waals surface area contributed by atoms with Gasteiger partial charge in [-0.2, -0.15) is 11.3 Å². The van der Waals surface area contributed by atoms with Crippen molar-refractivity contribution >= 4 is 23.0 Å². The minimum Gasteiger partial charge on any atom is -0.479 e. The smallest absolute Gasteiger partial charge is 0.331 e. The molecule has 19 heavy (non-hydrogen) atoms. The van der Waals surface area contributed by atoms with Crippen molar-refractivity contribution in [2.24, 2.45) is 0 Å². The van der Waals surface area contributed by atoms with E-state index in [1.807, 2.05) is 39.9 Å². The molecule has 1 N–H and O–H groups in total. The number of thiophene rings is 1. The molecule has 1 aliphatic heterocycles. The molecule has 1 aliphatic rings. The number of fused-ring (bicyclic) bond motifs is 1. The van der Waals surface area contributed by atoms with E-state index in [0.29, 0.717) is 0 Å². The number of para-hydroxylation sites is 1. The van der Waals surface area contributed by atoms with Crippen LogP contribution in [0.25, 0.3) is 0 Å². The van der Waals surface area contributed by atoms with Gasteiger partial charge in [0.15, 0.2) is 6.04 Å². The van der Waals surface area contributed by atoms with Crippen LogP contribution in [0.5, 0.6) is 0 Å². The quantitative estimate of drug-likeness (QED) is 0.932. The van der Waals surface area contributed by atoms with Crippen LogP contribution < -0.4 is 4.90 Å². The summed E-state index contributed by atoms with van der Waals surface area (Å²) in [5.74, 6) is -0.782. The first-order valence-electron chi connectivity index (χ1n) is 6.37. The van der Waals surface area contributed by atoms with Crippen LogP contribution in [0.15, 0.2) is 41.1 Å². The topological polar surface area (TPSA) is 40.5 Å². The van der Waals surface area contributed by atoms with Gasteiger partial charge in [0.05, 0.1) is 0 Å². The SMILES string of the molecule is O=C(O)C(c1ccsc1)N1CCCc2ccccc21. The largest absolute Gasteiger partial charge is 0.479 e. The molecule has 4 heteroatoms. The van der Waals surface area contributed by atoms with Gasteiger partial charge in [-0.05, 0) is 46.9 Å². The highest BCUT2D eigenvalue weighted by atomic mass is 32.1. The van der Waals surface area contributed by atoms with Crippen molar-refractivity contribution in [2.75, 3.05) is 11.4 Å². The molecule has 0 aliphatic carbocycles. The molecule has 0 saturated heterocycles. The number of carboxylic acids is 1. The third kappa shape index (κ3) is 2.24. The van der Waals surface area contributed by atoms with Crippen molar-refractivity contribution < 1.29 is 9.90 Å². The van der Waals surface area contributed by atoms with Gasteiger partial charge in [-0.25, -0.2) is 4.79 Å². The van der Waals surface area contributed by atoms with E-state index in [-0.39, 0.29) is 0 Å². The Morgan fingerprint density at radius 3 is 2.89 bits per heavy atom. The van der Waals surface area contributed by atoms with Crippen molar-refractivity contribution in [3.05, 3.63) is 52.2 Å². The molecule has 1 aromatic carbocycles. The molecule has 98 valence electrons. The first-order chi connectivity index (χ1) is 9.27. The van der Waals surface area contributed by atoms with Gasteiger partial charge >= 0.3 is 5.97 Å². The summed E-state index contributed by atoms with van der Waals surface area (Å²) < 4.78 is 0. The highest BCUT2D eigenvalue weighted by Gasteiger charge is 2.30. The number of carboxylic acid groups (broad SMARTS) is 1. The summed E-state index contributed by atoms with van der Waals surface area (Å²) in [5, 5.41) is 13.4. The van der Waals surface area contributed by atoms with E-state index in [4.69, 9.17) is 0 Å². The maximum absolute atomic E-state index is 11.7. The van der Waals surface area contributed by atoms with Crippen LogP contribution in [0.3, 0.4) is 0 Å². The Morgan fingerprint density at radius 1 is 1.32 bits per heavy atom. The number of hydrogen-bond donors (Lipinski definition) is 1. The molecule has 1 unspecified atom stereocenters. The minimum absolute atomic E-state index is 0.576. The average molecular weight is 273 g/mol. The molecule has 0 amide bonds. The van der Waals surface area contributed by atoms with E-state index in [2.05, 4.69) is 6.07 Å². The second-order valence-electron chi connectivity index (χ2n) is 4.72. The lowest BCUT2D eigenvalue weighted by Crippen LogP contribution is -2.37. The van der Waals surface area contributed by atoms with Crippen molar-refractivity contribution in [3.8, 4) is 0 Å². The fraction of sp³-hybridized carbons (Fsp3) is 0.267. The molecular formula is C15H15NO2S. The summed E-state index contributed by atoms with van der Waals surface area (Å²) in [7, 11) is 0. The summed E-state index contributed by atoms with van der Waals surface area (Å²) >= 11 is 1.54. The Morgan fingerprint density at radius 2 is 2.16 bits per heavy atom. The fourth-order valence-electron chi connectivity index (χ4n) is 2.72. The second kappa shape index (κ2) is 5.05. The van der Waals surface area contributed by atoms with Crippen LogP contribution in [-0.4, -0.2) is 17.6 Å². The normalized spacial score (nSPS) is 15.9. The number of nitrogens with zero attached hydrogens (tertiary/aromatic N) is 1. The standard InChI is InChI=1S/C15H15NO2S/c17-15(18)14(12-7-9-19-10-12)16-8-3-5-11-4-1-2-6-13(11)16/h1-2,4,6-7,9-10,14H,3,5,8H2,(H,17,18). The predicted octanol–water partition coefficient (Wildman–Crippen LogP) is 3.33. The van der Waals surface area contributed by atoms with E-state index >= 15 is 0 Å². The molecule has 0 saturated carbocycles. The molecular weight excluding hydrogens is 258 g/mol. The summed E-state index contributed by atoms with van der Waals surface area (Å²) in [5.41, 5.74) is 3.18. The second-order valence-corrected chi connectivity index (χ2v) is 5.50. The molecule has 1 aromatic heterocycles. The Hall–Kier alpha value is -1.81. The van der Waals surface area contributed by atoms with Crippen molar-refractivity contribution in [1.29, 1.82) is 0 Å². The fourth-order valence-corrected chi connectivity index (χ4v) is 3.40. The molecule has 2 heterocycles. The number of aryl methyl sites for hydroxylation is 1. The van der Waals surface area contributed by atoms with Crippen LogP contribution in [0, 0.1) is 0 Å². The number of rotatable bonds is 3. The zero-order chi connectivity index (χ0) is 13.2. The third-order valence-corrected chi connectivity index (χ3v) is 4.25. The van der Waals surface area contributed by atoms with Gasteiger partial charge in [0.1, 0.15) is 0 Å². The average Bonchev–Trinajstić information content (AvgIpc) is 2.93. The van der Waals surface area contributed by atoms with Gasteiger partial charge in [-0.1, -0.05) is 18.2 Å². The van der Waals surface area contributed by atoms with E-state index in [1.165, 1.54) is 5.56 Å². The van der Waals surface area contributed by atoms with Crippen LogP contribution in [-0.2, 0) is 11.2 Å². The van der Waals surface area contributed by atoms with Crippen LogP contribution >= 0.6 is 11.3 Å². The molecule has 1 atom stereocenters. The van der Waals surface area contributed by atoms with Gasteiger partial charge in [-0.15, -0.1) is 0 Å². The molecule has 0 fully saturated rings. The maximum atomic E-state index is 11.7. The Balaban J connectivity index is 2.03. The van der Waals surface area contributed by atoms with Gasteiger partial charge in [-0.3, -0.25) is 0 Å². The lowest BCUT2D eigenvalue weighted by Gasteiger charge is -2.35. The van der Waals surface area contributed by atoms with E-state index in [1.54, 1.807) is 11.3 Å². The van der Waals surface area contributed by atoms with Gasteiger partial charge < -0.3 is 10.0 Å². The summed E-state index contributed by atoms with van der Waals surface area (Å²) in [6.45, 7) is 0.795. The molecule has 0 radical (unpaired) electrons. The zero-order valence-corrected chi connectivity index (χ0v) is 11.3. The van der Waals surface area contributed by atoms with Gasteiger partial charge in [0, 0.05) is 12.2 Å². The van der Waals surface area contributed by atoms with Crippen molar-refractivity contribution in [2.45, 2.75) is 18.9 Å². The summed E-state index contributed by atoms with van der Waals surface area (Å²) in [6.07, 6.45) is 2.04. The van der Waals surface area contributed by atoms with E-state index < -0.39 is 12.0 Å². The zero-order valence-electron chi connectivity index (χ0n) is 10.5. The molecule has 3 rings (SSSR count). The maximum Gasteiger partial charge on any atom is 0.331 e. The first kappa shape index (κ1) is 12.2. The Labute approximate surface area is 116 Å². The van der Waals surface area contributed by atoms with Crippen molar-refractivity contribution in [3.63, 3.8) is 0 Å². The highest BCUT2D eigenvalue weighted by molar-refractivity contribution is 7.08. The Bertz CT molecular complexity index is 580. The number of anilines is 1. The number of aliphatic carboxylic acids is 1. The molecule has 0 spiro atoms. The number of benzene rings is 1. The predicted molar refractivity (Wildman–Crippen MR) is 76.8 cm³/mol. The van der Waals surface area contributed by atoms with Crippen LogP contribution in [0.4, 0.5) is 5.69 Å². The highest BCUT2D eigenvalue weighted by Crippen LogP contribution is 2.34. The van der Waals surface area contributed by atoms with Crippen molar-refractivity contribution in [1.82, 2.24) is 0 Å². The van der Waals surface area contributed by atoms with Gasteiger partial charge in [0.25, 0.3) is 0 Å². The Kier molecular flexibility index (Phi) is 3.25. The molecule has 0 bridgehead atoms. The summed E-state index contributed by atoms with van der Waals surface area (Å²) in [6, 6.07) is 9.44. The number of hydrogen-bond acceptors (Lipinski definition) is 3. The third-order valence-electron chi connectivity index (χ3n) is 3.55. The van der Waals surface area contributed by atoms with E-state index in [0.717, 1.165) is 30.6 Å². The summed E-state index contributed by atoms with van der Waals surface area (Å²) in [4.78, 5) is 13.7. The minimum atomic E-state index is -0.782. The lowest BCUT2D eigenvalue weighted by molar-refractivity contribution is -0.138.